The van der Waals surface area contributed by atoms with Crippen LogP contribution in [0.3, 0.4) is 0 Å². The third-order valence-corrected chi connectivity index (χ3v) is 2.08. The summed E-state index contributed by atoms with van der Waals surface area (Å²) in [5.74, 6) is 3.17. The lowest BCUT2D eigenvalue weighted by Crippen LogP contribution is -2.39. The molecule has 0 heterocycles. The number of rotatable bonds is 4. The van der Waals surface area contributed by atoms with Gasteiger partial charge in [-0.3, -0.25) is 4.99 Å². The van der Waals surface area contributed by atoms with Crippen LogP contribution in [0.5, 0.6) is 0 Å². The summed E-state index contributed by atoms with van der Waals surface area (Å²) >= 11 is 0. The average Bonchev–Trinajstić information content (AvgIpc) is 2.87. The smallest absolute Gasteiger partial charge is 0.189 e. The van der Waals surface area contributed by atoms with Crippen molar-refractivity contribution in [3.63, 3.8) is 0 Å². The molecule has 13 heavy (non-hydrogen) atoms. The van der Waals surface area contributed by atoms with Crippen LogP contribution >= 0.6 is 0 Å². The van der Waals surface area contributed by atoms with Crippen molar-refractivity contribution in [1.29, 1.82) is 0 Å². The molecule has 0 bridgehead atoms. The molecule has 0 spiro atoms. The van der Waals surface area contributed by atoms with Crippen molar-refractivity contribution in [3.8, 4) is 12.3 Å². The summed E-state index contributed by atoms with van der Waals surface area (Å²) in [5.41, 5.74) is 5.69. The predicted molar refractivity (Wildman–Crippen MR) is 55.3 cm³/mol. The molecule has 3 N–H and O–H groups in total. The molecular weight excluding hydrogens is 162 g/mol. The van der Waals surface area contributed by atoms with Crippen molar-refractivity contribution in [1.82, 2.24) is 5.32 Å². The fourth-order valence-corrected chi connectivity index (χ4v) is 1.09. The molecule has 1 fully saturated rings. The van der Waals surface area contributed by atoms with E-state index in [1.165, 1.54) is 12.8 Å². The number of hydrogen-bond acceptors (Lipinski definition) is 1. The van der Waals surface area contributed by atoms with Gasteiger partial charge in [0.05, 0.1) is 6.04 Å². The largest absolute Gasteiger partial charge is 0.370 e. The highest BCUT2D eigenvalue weighted by Crippen LogP contribution is 2.22. The Labute approximate surface area is 79.8 Å². The number of nitrogens with zero attached hydrogens (tertiary/aromatic N) is 1. The number of hydrogen-bond donors (Lipinski definition) is 2. The molecule has 3 heteroatoms. The Morgan fingerprint density at radius 1 is 1.77 bits per heavy atom. The summed E-state index contributed by atoms with van der Waals surface area (Å²) < 4.78 is 0. The molecule has 0 aliphatic heterocycles. The lowest BCUT2D eigenvalue weighted by atomic mass is 10.2. The molecule has 0 saturated heterocycles. The number of nitrogens with one attached hydrogen (secondary N) is 1. The Morgan fingerprint density at radius 3 is 2.92 bits per heavy atom. The number of aliphatic imine (C=N–C) groups is 1. The van der Waals surface area contributed by atoms with Gasteiger partial charge in [-0.15, -0.1) is 12.3 Å². The van der Waals surface area contributed by atoms with Crippen LogP contribution in [0.25, 0.3) is 0 Å². The van der Waals surface area contributed by atoms with Crippen LogP contribution in [-0.4, -0.2) is 18.0 Å². The normalized spacial score (nSPS) is 19.2. The molecule has 1 saturated carbocycles. The van der Waals surface area contributed by atoms with Crippen LogP contribution in [-0.2, 0) is 0 Å². The van der Waals surface area contributed by atoms with E-state index in [9.17, 15) is 0 Å². The highest BCUT2D eigenvalue weighted by atomic mass is 15.1. The van der Waals surface area contributed by atoms with Crippen LogP contribution in [0.4, 0.5) is 0 Å². The van der Waals surface area contributed by atoms with Gasteiger partial charge in [-0.05, 0) is 19.3 Å². The Kier molecular flexibility index (Phi) is 3.63. The molecule has 1 unspecified atom stereocenters. The maximum Gasteiger partial charge on any atom is 0.189 e. The summed E-state index contributed by atoms with van der Waals surface area (Å²) in [6.45, 7) is 2.08. The van der Waals surface area contributed by atoms with E-state index < -0.39 is 0 Å². The van der Waals surface area contributed by atoms with Crippen LogP contribution in [0, 0.1) is 12.3 Å². The number of guanidine groups is 1. The summed E-state index contributed by atoms with van der Waals surface area (Å²) in [4.78, 5) is 4.27. The van der Waals surface area contributed by atoms with Gasteiger partial charge in [0.1, 0.15) is 0 Å². The standard InChI is InChI=1S/C10H17N3/c1-3-5-8(4-2)12-10(11)13-9-6-7-9/h1,8-9H,4-7H2,2H3,(H3,11,12,13). The van der Waals surface area contributed by atoms with Crippen LogP contribution in [0.1, 0.15) is 32.6 Å². The van der Waals surface area contributed by atoms with Crippen LogP contribution in [0.15, 0.2) is 4.99 Å². The Bertz CT molecular complexity index is 223. The Hall–Kier alpha value is -1.17. The van der Waals surface area contributed by atoms with E-state index >= 15 is 0 Å². The van der Waals surface area contributed by atoms with E-state index in [0.717, 1.165) is 6.42 Å². The first kappa shape index (κ1) is 9.91. The highest BCUT2D eigenvalue weighted by molar-refractivity contribution is 5.78. The van der Waals surface area contributed by atoms with Gasteiger partial charge < -0.3 is 11.1 Å². The molecule has 1 aliphatic rings. The lowest BCUT2D eigenvalue weighted by molar-refractivity contribution is 0.598. The van der Waals surface area contributed by atoms with E-state index in [2.05, 4.69) is 23.2 Å². The molecule has 0 aromatic rings. The van der Waals surface area contributed by atoms with Gasteiger partial charge in [0.15, 0.2) is 5.96 Å². The van der Waals surface area contributed by atoms with Gasteiger partial charge >= 0.3 is 0 Å². The first-order chi connectivity index (χ1) is 6.26. The van der Waals surface area contributed by atoms with E-state index in [1.54, 1.807) is 0 Å². The highest BCUT2D eigenvalue weighted by Gasteiger charge is 2.20. The van der Waals surface area contributed by atoms with Gasteiger partial charge in [0.2, 0.25) is 0 Å². The molecule has 1 aliphatic carbocycles. The zero-order chi connectivity index (χ0) is 9.68. The second-order valence-electron chi connectivity index (χ2n) is 3.40. The molecule has 0 radical (unpaired) electrons. The Balaban J connectivity index is 2.31. The third kappa shape index (κ3) is 3.84. The van der Waals surface area contributed by atoms with Crippen molar-refractivity contribution >= 4 is 5.96 Å². The molecule has 0 amide bonds. The summed E-state index contributed by atoms with van der Waals surface area (Å²) in [6, 6.07) is 0.739. The van der Waals surface area contributed by atoms with Crippen molar-refractivity contribution in [2.75, 3.05) is 0 Å². The molecule has 3 nitrogen and oxygen atoms in total. The zero-order valence-corrected chi connectivity index (χ0v) is 8.09. The van der Waals surface area contributed by atoms with Crippen LogP contribution in [0.2, 0.25) is 0 Å². The van der Waals surface area contributed by atoms with Gasteiger partial charge in [0.25, 0.3) is 0 Å². The summed E-state index contributed by atoms with van der Waals surface area (Å²) in [6.07, 6.45) is 9.26. The van der Waals surface area contributed by atoms with E-state index in [-0.39, 0.29) is 6.04 Å². The monoisotopic (exact) mass is 179 g/mol. The first-order valence-electron chi connectivity index (χ1n) is 4.79. The van der Waals surface area contributed by atoms with E-state index in [0.29, 0.717) is 18.4 Å². The quantitative estimate of drug-likeness (QED) is 0.382. The zero-order valence-electron chi connectivity index (χ0n) is 8.09. The average molecular weight is 179 g/mol. The van der Waals surface area contributed by atoms with E-state index in [1.807, 2.05) is 0 Å². The summed E-state index contributed by atoms with van der Waals surface area (Å²) in [7, 11) is 0. The van der Waals surface area contributed by atoms with Crippen LogP contribution < -0.4 is 11.1 Å². The molecular formula is C10H17N3. The Morgan fingerprint density at radius 2 is 2.46 bits per heavy atom. The van der Waals surface area contributed by atoms with Crippen molar-refractivity contribution in [2.45, 2.75) is 44.7 Å². The summed E-state index contributed by atoms with van der Waals surface area (Å²) in [5, 5.41) is 3.12. The van der Waals surface area contributed by atoms with Crippen molar-refractivity contribution in [2.24, 2.45) is 10.7 Å². The molecule has 72 valence electrons. The molecule has 0 aromatic carbocycles. The van der Waals surface area contributed by atoms with Gasteiger partial charge in [-0.2, -0.15) is 0 Å². The van der Waals surface area contributed by atoms with Gasteiger partial charge in [0, 0.05) is 12.5 Å². The molecule has 1 rings (SSSR count). The second kappa shape index (κ2) is 4.76. The number of terminal acetylenes is 1. The molecule has 1 atom stereocenters. The predicted octanol–water partition coefficient (Wildman–Crippen LogP) is 0.855. The van der Waals surface area contributed by atoms with Gasteiger partial charge in [-0.1, -0.05) is 6.92 Å². The van der Waals surface area contributed by atoms with Crippen molar-refractivity contribution in [3.05, 3.63) is 0 Å². The fraction of sp³-hybridized carbons (Fsp3) is 0.700. The minimum atomic E-state index is 0.271. The van der Waals surface area contributed by atoms with Gasteiger partial charge in [-0.25, -0.2) is 0 Å². The maximum atomic E-state index is 5.69. The second-order valence-corrected chi connectivity index (χ2v) is 3.40. The maximum absolute atomic E-state index is 5.69. The van der Waals surface area contributed by atoms with Crippen molar-refractivity contribution < 1.29 is 0 Å². The van der Waals surface area contributed by atoms with E-state index in [4.69, 9.17) is 12.2 Å². The first-order valence-corrected chi connectivity index (χ1v) is 4.79. The minimum Gasteiger partial charge on any atom is -0.370 e. The fourth-order valence-electron chi connectivity index (χ4n) is 1.09. The topological polar surface area (TPSA) is 50.4 Å². The molecule has 0 aromatic heterocycles. The third-order valence-electron chi connectivity index (χ3n) is 2.08. The SMILES string of the molecule is C#CCC(CC)NC(N)=NC1CC1. The lowest BCUT2D eigenvalue weighted by Gasteiger charge is -2.14. The number of nitrogens with two attached hydrogens (primary N) is 1. The minimum absolute atomic E-state index is 0.271.